The fraction of sp³-hybridized carbons (Fsp3) is 0.308. The maximum Gasteiger partial charge on any atom is 0.0491 e. The Balaban J connectivity index is -0.000000178. The van der Waals surface area contributed by atoms with Crippen LogP contribution in [0.5, 0.6) is 0 Å². The summed E-state index contributed by atoms with van der Waals surface area (Å²) in [6.45, 7) is 54.5. The van der Waals surface area contributed by atoms with E-state index in [0.29, 0.717) is 0 Å². The summed E-state index contributed by atoms with van der Waals surface area (Å²) < 4.78 is 6.78. The Morgan fingerprint density at radius 1 is 0.200 bits per heavy atom. The molecular formula is C104H143N3Y3-6. The molecule has 3 nitrogen and oxygen atoms in total. The summed E-state index contributed by atoms with van der Waals surface area (Å²) in [6.07, 6.45) is 0. The van der Waals surface area contributed by atoms with Crippen molar-refractivity contribution in [1.29, 1.82) is 0 Å². The average Bonchev–Trinajstić information content (AvgIpc) is 1.63. The smallest absolute Gasteiger partial charge is 0.0491 e. The standard InChI is InChI=1S/3C14H13N.3C12H8.12C2H6.2CH4.3Y/c1-10-6-5-9-13-14(10)11-7-3-4-8-12(11)15(13)2;1-10-7-8-14-12(9-10)11-5-3-4-6-13(11)15(14)2;1-10-7-8-12-11-5-3-4-6-13(11)15(2)14(12)9-10;3*1-3-7-11(8-4-1)12-9-5-2-6-10-12;12*1-2;;;;;/h3*3-9H,1-2H3;3*1-7,9H;12*1-2H3;2*1H4;;;/q;;;3*-2;;;;;;;;;;;;;;;;;. The molecule has 0 spiro atoms. The molecule has 3 aromatic heterocycles. The first-order valence-corrected chi connectivity index (χ1v) is 39.3. The molecule has 0 saturated heterocycles. The molecule has 110 heavy (non-hydrogen) atoms. The minimum Gasteiger partial charge on any atom is -0.344 e. The van der Waals surface area contributed by atoms with Gasteiger partial charge >= 0.3 is 0 Å². The summed E-state index contributed by atoms with van der Waals surface area (Å²) >= 11 is 0. The molecule has 0 bridgehead atoms. The third-order valence-corrected chi connectivity index (χ3v) is 14.4. The van der Waals surface area contributed by atoms with Gasteiger partial charge in [-0.05, 0) is 74.4 Å². The summed E-state index contributed by atoms with van der Waals surface area (Å²) in [5.74, 6) is 0. The number of aromatic nitrogens is 3. The number of hydrogen-bond acceptors (Lipinski definition) is 0. The minimum absolute atomic E-state index is 0. The molecule has 3 heterocycles. The molecule has 15 rings (SSSR count). The van der Waals surface area contributed by atoms with Gasteiger partial charge in [0.05, 0.1) is 0 Å². The van der Waals surface area contributed by atoms with Crippen molar-refractivity contribution in [3.05, 3.63) is 326 Å². The van der Waals surface area contributed by atoms with E-state index in [9.17, 15) is 0 Å². The number of benzene rings is 12. The second-order valence-corrected chi connectivity index (χ2v) is 19.9. The number of hydrogen-bond donors (Lipinski definition) is 0. The van der Waals surface area contributed by atoms with E-state index >= 15 is 0 Å². The van der Waals surface area contributed by atoms with Crippen LogP contribution < -0.4 is 0 Å². The predicted octanol–water partition coefficient (Wildman–Crippen LogP) is 33.4. The molecule has 0 atom stereocenters. The first kappa shape index (κ1) is 119. The monoisotopic (exact) mass is 1700 g/mol. The topological polar surface area (TPSA) is 14.8 Å². The van der Waals surface area contributed by atoms with Crippen LogP contribution in [0.15, 0.2) is 273 Å². The Bertz CT molecular complexity index is 4140. The molecule has 15 aromatic rings. The first-order chi connectivity index (χ1) is 51.7. The molecule has 0 unspecified atom stereocenters. The van der Waals surface area contributed by atoms with Gasteiger partial charge in [0.2, 0.25) is 0 Å². The largest absolute Gasteiger partial charge is 0.344 e. The summed E-state index contributed by atoms with van der Waals surface area (Å²) in [5, 5.41) is 8.13. The summed E-state index contributed by atoms with van der Waals surface area (Å²) in [7, 11) is 6.38. The normalized spacial score (nSPS) is 8.45. The molecule has 12 aromatic carbocycles. The van der Waals surface area contributed by atoms with Crippen LogP contribution in [0.1, 0.15) is 198 Å². The SMILES string of the molecule is C.C.CC.CC.CC.CC.CC.CC.CC.CC.CC.CC.CC.CC.Cc1ccc2c(c1)c1ccccc1n2C.Cc1ccc2c3ccccc3n(C)c2c1.Cc1cccc2c1c1ccccc1n2C.[Y].[Y].[Y].[c-]1ccccc1-c1[c-]cccc1.[c-]1ccccc1-c1[c-]cccc1.[c-]1ccccc1-c1[c-]cccc1. The van der Waals surface area contributed by atoms with Crippen molar-refractivity contribution in [3.8, 4) is 33.4 Å². The van der Waals surface area contributed by atoms with Crippen molar-refractivity contribution in [1.82, 2.24) is 13.7 Å². The van der Waals surface area contributed by atoms with E-state index in [1.807, 2.05) is 312 Å². The van der Waals surface area contributed by atoms with E-state index in [1.54, 1.807) is 0 Å². The predicted molar refractivity (Wildman–Crippen MR) is 494 cm³/mol. The second kappa shape index (κ2) is 77.7. The third kappa shape index (κ3) is 38.7. The molecule has 3 radical (unpaired) electrons. The maximum atomic E-state index is 3.15. The Kier molecular flexibility index (Phi) is 84.1. The van der Waals surface area contributed by atoms with Gasteiger partial charge in [-0.1, -0.05) is 272 Å². The zero-order valence-corrected chi connectivity index (χ0v) is 81.1. The van der Waals surface area contributed by atoms with Crippen LogP contribution in [0.25, 0.3) is 98.8 Å². The van der Waals surface area contributed by atoms with Crippen LogP contribution in [-0.2, 0) is 119 Å². The number of nitrogens with zero attached hydrogens (tertiary/aromatic N) is 3. The maximum absolute atomic E-state index is 3.15. The third-order valence-electron chi connectivity index (χ3n) is 14.4. The second-order valence-electron chi connectivity index (χ2n) is 19.9. The van der Waals surface area contributed by atoms with Gasteiger partial charge in [-0.3, -0.25) is 0 Å². The zero-order valence-electron chi connectivity index (χ0n) is 72.6. The van der Waals surface area contributed by atoms with Gasteiger partial charge in [0.1, 0.15) is 0 Å². The van der Waals surface area contributed by atoms with Gasteiger partial charge in [0.15, 0.2) is 0 Å². The van der Waals surface area contributed by atoms with Crippen LogP contribution >= 0.6 is 0 Å². The number of para-hydroxylation sites is 3. The Morgan fingerprint density at radius 3 is 0.745 bits per heavy atom. The van der Waals surface area contributed by atoms with E-state index in [-0.39, 0.29) is 113 Å². The van der Waals surface area contributed by atoms with Crippen molar-refractivity contribution in [2.75, 3.05) is 0 Å². The van der Waals surface area contributed by atoms with E-state index in [4.69, 9.17) is 0 Å². The molecule has 0 saturated carbocycles. The summed E-state index contributed by atoms with van der Waals surface area (Å²) in [4.78, 5) is 0. The van der Waals surface area contributed by atoms with Gasteiger partial charge in [0.25, 0.3) is 0 Å². The molecular weight excluding hydrogens is 1560 g/mol. The minimum atomic E-state index is 0. The van der Waals surface area contributed by atoms with Gasteiger partial charge in [-0.2, -0.15) is 146 Å². The van der Waals surface area contributed by atoms with E-state index in [2.05, 4.69) is 219 Å². The van der Waals surface area contributed by atoms with Crippen LogP contribution in [0.4, 0.5) is 0 Å². The average molecular weight is 1700 g/mol. The van der Waals surface area contributed by atoms with E-state index < -0.39 is 0 Å². The van der Waals surface area contributed by atoms with Crippen molar-refractivity contribution in [2.24, 2.45) is 21.1 Å². The van der Waals surface area contributed by atoms with Crippen LogP contribution in [0.2, 0.25) is 0 Å². The molecule has 0 fully saturated rings. The van der Waals surface area contributed by atoms with Crippen LogP contribution in [-0.4, -0.2) is 13.7 Å². The molecule has 6 heteroatoms. The summed E-state index contributed by atoms with van der Waals surface area (Å²) in [6, 6.07) is 112. The van der Waals surface area contributed by atoms with Crippen molar-refractivity contribution in [2.45, 2.75) is 202 Å². The quantitative estimate of drug-likeness (QED) is 0.157. The van der Waals surface area contributed by atoms with E-state index in [1.165, 1.54) is 82.1 Å². The number of fused-ring (bicyclic) bond motifs is 9. The van der Waals surface area contributed by atoms with Gasteiger partial charge < -0.3 is 13.7 Å². The van der Waals surface area contributed by atoms with Crippen molar-refractivity contribution >= 4 is 65.4 Å². The van der Waals surface area contributed by atoms with Crippen molar-refractivity contribution < 1.29 is 98.1 Å². The molecule has 0 aliphatic heterocycles. The Hall–Kier alpha value is -6.65. The van der Waals surface area contributed by atoms with Crippen LogP contribution in [0.3, 0.4) is 0 Å². The van der Waals surface area contributed by atoms with Gasteiger partial charge in [0, 0.05) is 185 Å². The Labute approximate surface area is 751 Å². The first-order valence-electron chi connectivity index (χ1n) is 39.3. The fourth-order valence-corrected chi connectivity index (χ4v) is 10.3. The zero-order chi connectivity index (χ0) is 79.9. The fourth-order valence-electron chi connectivity index (χ4n) is 10.3. The molecule has 0 aliphatic carbocycles. The number of aryl methyl sites for hydroxylation is 6. The Morgan fingerprint density at radius 2 is 0.427 bits per heavy atom. The molecule has 589 valence electrons. The van der Waals surface area contributed by atoms with Gasteiger partial charge in [-0.25, -0.2) is 33.4 Å². The molecule has 0 amide bonds. The van der Waals surface area contributed by atoms with E-state index in [0.717, 1.165) is 33.4 Å². The van der Waals surface area contributed by atoms with Gasteiger partial charge in [-0.15, -0.1) is 36.4 Å². The number of rotatable bonds is 3. The summed E-state index contributed by atoms with van der Waals surface area (Å²) in [5.41, 5.74) is 18.4. The van der Waals surface area contributed by atoms with Crippen LogP contribution in [0, 0.1) is 57.2 Å². The van der Waals surface area contributed by atoms with Crippen molar-refractivity contribution in [3.63, 3.8) is 0 Å². The molecule has 0 aliphatic rings. The molecule has 0 N–H and O–H groups in total.